The van der Waals surface area contributed by atoms with Crippen LogP contribution in [-0.4, -0.2) is 38.3 Å². The summed E-state index contributed by atoms with van der Waals surface area (Å²) in [4.78, 5) is 2.11. The summed E-state index contributed by atoms with van der Waals surface area (Å²) in [6.45, 7) is 5.74. The van der Waals surface area contributed by atoms with Crippen LogP contribution in [0.3, 0.4) is 0 Å². The maximum absolute atomic E-state index is 5.35. The Bertz CT molecular complexity index is 122. The highest BCUT2D eigenvalue weighted by molar-refractivity contribution is 5.22. The zero-order valence-corrected chi connectivity index (χ0v) is 6.95. The summed E-state index contributed by atoms with van der Waals surface area (Å²) >= 11 is 0. The van der Waals surface area contributed by atoms with Gasteiger partial charge in [0, 0.05) is 32.6 Å². The molecule has 0 saturated heterocycles. The van der Waals surface area contributed by atoms with Gasteiger partial charge >= 0.3 is 0 Å². The van der Waals surface area contributed by atoms with Gasteiger partial charge in [-0.05, 0) is 7.05 Å². The van der Waals surface area contributed by atoms with E-state index in [-0.39, 0.29) is 0 Å². The highest BCUT2D eigenvalue weighted by Crippen LogP contribution is 1.79. The lowest BCUT2D eigenvalue weighted by molar-refractivity contribution is 0.380. The molecule has 0 radical (unpaired) electrons. The second kappa shape index (κ2) is 7.24. The third kappa shape index (κ3) is 7.02. The Morgan fingerprint density at radius 2 is 2.45 bits per heavy atom. The first kappa shape index (κ1) is 10.1. The summed E-state index contributed by atoms with van der Waals surface area (Å²) in [5, 5.41) is 3.45. The van der Waals surface area contributed by atoms with E-state index in [1.165, 1.54) is 0 Å². The van der Waals surface area contributed by atoms with Crippen LogP contribution in [-0.2, 0) is 0 Å². The molecule has 0 spiro atoms. The van der Waals surface area contributed by atoms with Gasteiger partial charge in [-0.15, -0.1) is 0 Å². The molecule has 0 atom stereocenters. The molecule has 0 heterocycles. The molecule has 0 aliphatic heterocycles. The lowest BCUT2D eigenvalue weighted by Gasteiger charge is -2.11. The minimum absolute atomic E-state index is 0.692. The number of hydrogen-bond donors (Lipinski definition) is 2. The van der Waals surface area contributed by atoms with Gasteiger partial charge in [-0.3, -0.25) is 5.43 Å². The SMILES string of the molecule is C=NN/C=C/CN(C)CCN. The smallest absolute Gasteiger partial charge is 0.0178 e. The van der Waals surface area contributed by atoms with Gasteiger partial charge in [0.15, 0.2) is 0 Å². The molecular formula is C7H16N4. The molecule has 0 bridgehead atoms. The van der Waals surface area contributed by atoms with Crippen molar-refractivity contribution in [3.63, 3.8) is 0 Å². The minimum Gasteiger partial charge on any atom is -0.329 e. The first-order valence-corrected chi connectivity index (χ1v) is 3.56. The molecule has 0 aromatic heterocycles. The summed E-state index contributed by atoms with van der Waals surface area (Å²) in [5.41, 5.74) is 7.97. The molecule has 4 heteroatoms. The molecule has 11 heavy (non-hydrogen) atoms. The summed E-state index contributed by atoms with van der Waals surface area (Å²) < 4.78 is 0. The molecule has 4 nitrogen and oxygen atoms in total. The zero-order chi connectivity index (χ0) is 8.53. The van der Waals surface area contributed by atoms with Crippen molar-refractivity contribution in [3.8, 4) is 0 Å². The van der Waals surface area contributed by atoms with E-state index in [9.17, 15) is 0 Å². The number of nitrogens with one attached hydrogen (secondary N) is 1. The number of nitrogens with two attached hydrogens (primary N) is 1. The van der Waals surface area contributed by atoms with Crippen molar-refractivity contribution in [1.82, 2.24) is 10.3 Å². The second-order valence-corrected chi connectivity index (χ2v) is 2.24. The van der Waals surface area contributed by atoms with Gasteiger partial charge in [0.25, 0.3) is 0 Å². The van der Waals surface area contributed by atoms with Crippen LogP contribution in [0, 0.1) is 0 Å². The van der Waals surface area contributed by atoms with E-state index in [0.717, 1.165) is 13.1 Å². The topological polar surface area (TPSA) is 53.7 Å². The van der Waals surface area contributed by atoms with Gasteiger partial charge in [0.2, 0.25) is 0 Å². The molecule has 0 aromatic rings. The summed E-state index contributed by atoms with van der Waals surface area (Å²) in [6.07, 6.45) is 3.71. The van der Waals surface area contributed by atoms with Crippen LogP contribution in [0.4, 0.5) is 0 Å². The van der Waals surface area contributed by atoms with E-state index in [2.05, 4.69) is 22.1 Å². The average Bonchev–Trinajstić information content (AvgIpc) is 1.99. The summed E-state index contributed by atoms with van der Waals surface area (Å²) in [7, 11) is 2.01. The zero-order valence-electron chi connectivity index (χ0n) is 6.95. The molecule has 0 rings (SSSR count). The van der Waals surface area contributed by atoms with Gasteiger partial charge in [-0.25, -0.2) is 0 Å². The standard InChI is InChI=1S/C7H16N4/c1-9-10-5-3-6-11(2)7-4-8/h3,5,10H,1,4,6-8H2,2H3/b5-3+. The number of rotatable bonds is 6. The van der Waals surface area contributed by atoms with Crippen molar-refractivity contribution >= 4 is 6.72 Å². The lowest BCUT2D eigenvalue weighted by atomic mass is 10.5. The fourth-order valence-electron chi connectivity index (χ4n) is 0.650. The highest BCUT2D eigenvalue weighted by atomic mass is 15.3. The Labute approximate surface area is 67.8 Å². The van der Waals surface area contributed by atoms with Crippen LogP contribution in [0.1, 0.15) is 0 Å². The molecule has 0 unspecified atom stereocenters. The van der Waals surface area contributed by atoms with Gasteiger partial charge in [0.1, 0.15) is 0 Å². The van der Waals surface area contributed by atoms with Gasteiger partial charge < -0.3 is 10.6 Å². The van der Waals surface area contributed by atoms with Crippen molar-refractivity contribution in [2.75, 3.05) is 26.7 Å². The minimum atomic E-state index is 0.692. The molecule has 3 N–H and O–H groups in total. The second-order valence-electron chi connectivity index (χ2n) is 2.24. The Hall–Kier alpha value is -0.870. The van der Waals surface area contributed by atoms with Crippen LogP contribution >= 0.6 is 0 Å². The molecule has 0 aromatic carbocycles. The molecule has 0 aliphatic rings. The number of hydrogen-bond acceptors (Lipinski definition) is 4. The fourth-order valence-corrected chi connectivity index (χ4v) is 0.650. The highest BCUT2D eigenvalue weighted by Gasteiger charge is 1.89. The number of nitrogens with zero attached hydrogens (tertiary/aromatic N) is 2. The van der Waals surface area contributed by atoms with Crippen molar-refractivity contribution in [3.05, 3.63) is 12.3 Å². The Morgan fingerprint density at radius 3 is 3.00 bits per heavy atom. The van der Waals surface area contributed by atoms with E-state index in [4.69, 9.17) is 5.73 Å². The van der Waals surface area contributed by atoms with E-state index < -0.39 is 0 Å². The van der Waals surface area contributed by atoms with E-state index >= 15 is 0 Å². The maximum Gasteiger partial charge on any atom is 0.0178 e. The van der Waals surface area contributed by atoms with Gasteiger partial charge in [-0.1, -0.05) is 6.08 Å². The van der Waals surface area contributed by atoms with Crippen LogP contribution in [0.25, 0.3) is 0 Å². The average molecular weight is 156 g/mol. The van der Waals surface area contributed by atoms with Gasteiger partial charge in [0.05, 0.1) is 0 Å². The van der Waals surface area contributed by atoms with Crippen LogP contribution in [0.2, 0.25) is 0 Å². The van der Waals surface area contributed by atoms with Crippen molar-refractivity contribution in [2.45, 2.75) is 0 Å². The quantitative estimate of drug-likeness (QED) is 0.406. The Morgan fingerprint density at radius 1 is 1.73 bits per heavy atom. The van der Waals surface area contributed by atoms with Crippen molar-refractivity contribution < 1.29 is 0 Å². The Balaban J connectivity index is 3.28. The Kier molecular flexibility index (Phi) is 6.67. The lowest BCUT2D eigenvalue weighted by Crippen LogP contribution is -2.25. The largest absolute Gasteiger partial charge is 0.329 e. The summed E-state index contributed by atoms with van der Waals surface area (Å²) in [5.74, 6) is 0. The third-order valence-corrected chi connectivity index (χ3v) is 1.21. The van der Waals surface area contributed by atoms with E-state index in [1.54, 1.807) is 6.20 Å². The van der Waals surface area contributed by atoms with E-state index in [1.807, 2.05) is 13.1 Å². The van der Waals surface area contributed by atoms with E-state index in [0.29, 0.717) is 6.54 Å². The summed E-state index contributed by atoms with van der Waals surface area (Å²) in [6, 6.07) is 0. The first-order chi connectivity index (χ1) is 5.31. The predicted molar refractivity (Wildman–Crippen MR) is 48.4 cm³/mol. The molecular weight excluding hydrogens is 140 g/mol. The molecule has 0 amide bonds. The third-order valence-electron chi connectivity index (χ3n) is 1.21. The van der Waals surface area contributed by atoms with Crippen molar-refractivity contribution in [2.24, 2.45) is 10.8 Å². The van der Waals surface area contributed by atoms with Crippen LogP contribution in [0.15, 0.2) is 17.4 Å². The van der Waals surface area contributed by atoms with Crippen LogP contribution in [0.5, 0.6) is 0 Å². The molecule has 0 saturated carbocycles. The molecule has 0 fully saturated rings. The van der Waals surface area contributed by atoms with Crippen molar-refractivity contribution in [1.29, 1.82) is 0 Å². The predicted octanol–water partition coefficient (Wildman–Crippen LogP) is -0.404. The monoisotopic (exact) mass is 156 g/mol. The number of likely N-dealkylation sites (N-methyl/N-ethyl adjacent to an activating group) is 1. The molecule has 0 aliphatic carbocycles. The number of hydrazone groups is 1. The maximum atomic E-state index is 5.35. The van der Waals surface area contributed by atoms with Gasteiger partial charge in [-0.2, -0.15) is 5.10 Å². The van der Waals surface area contributed by atoms with Crippen LogP contribution < -0.4 is 11.2 Å². The normalized spacial score (nSPS) is 10.8. The fraction of sp³-hybridized carbons (Fsp3) is 0.571. The molecule has 64 valence electrons. The first-order valence-electron chi connectivity index (χ1n) is 3.56.